The minimum absolute atomic E-state index is 0.0809. The third kappa shape index (κ3) is 3.43. The molecule has 8 unspecified atom stereocenters. The molecule has 0 aromatic heterocycles. The molecule has 1 aromatic rings. The number of nitrogens with one attached hydrogen (secondary N) is 1. The number of likely N-dealkylation sites (N-methyl/N-ethyl adjacent to an activating group) is 1. The molecule has 40 heavy (non-hydrogen) atoms. The van der Waals surface area contributed by atoms with Gasteiger partial charge in [0.25, 0.3) is 0 Å². The van der Waals surface area contributed by atoms with Crippen molar-refractivity contribution in [3.05, 3.63) is 22.5 Å². The van der Waals surface area contributed by atoms with Gasteiger partial charge < -0.3 is 20.9 Å². The minimum Gasteiger partial charge on any atom is -0.505 e. The molecule has 3 fully saturated rings. The molecular formula is C29H37FN4O6. The second-order valence-corrected chi connectivity index (χ2v) is 12.3. The number of hydrogen-bond donors (Lipinski definition) is 3. The zero-order valence-electron chi connectivity index (χ0n) is 23.3. The topological polar surface area (TPSA) is 142 Å². The molecule has 1 saturated heterocycles. The van der Waals surface area contributed by atoms with Gasteiger partial charge in [-0.1, -0.05) is 6.92 Å². The first-order valence-corrected chi connectivity index (χ1v) is 14.2. The molecular weight excluding hydrogens is 519 g/mol. The van der Waals surface area contributed by atoms with Crippen molar-refractivity contribution >= 4 is 28.9 Å². The number of primary amides is 1. The summed E-state index contributed by atoms with van der Waals surface area (Å²) in [5.41, 5.74) is 4.62. The first kappa shape index (κ1) is 27.3. The Labute approximate surface area is 232 Å². The Bertz CT molecular complexity index is 1330. The lowest BCUT2D eigenvalue weighted by atomic mass is 9.52. The van der Waals surface area contributed by atoms with Gasteiger partial charge in [-0.15, -0.1) is 0 Å². The van der Waals surface area contributed by atoms with Crippen molar-refractivity contribution in [1.29, 1.82) is 0 Å². The van der Waals surface area contributed by atoms with Gasteiger partial charge in [0.1, 0.15) is 23.1 Å². The second-order valence-electron chi connectivity index (χ2n) is 12.3. The van der Waals surface area contributed by atoms with Crippen LogP contribution in [-0.4, -0.2) is 90.6 Å². The maximum absolute atomic E-state index is 16.4. The fraction of sp³-hybridized carbons (Fsp3) is 0.655. The van der Waals surface area contributed by atoms with Crippen LogP contribution in [-0.2, 0) is 25.5 Å². The van der Waals surface area contributed by atoms with E-state index in [4.69, 9.17) is 10.5 Å². The molecule has 3 aliphatic carbocycles. The Morgan fingerprint density at radius 2 is 2.02 bits per heavy atom. The van der Waals surface area contributed by atoms with Crippen molar-refractivity contribution < 1.29 is 33.4 Å². The fourth-order valence-corrected chi connectivity index (χ4v) is 8.63. The third-order valence-electron chi connectivity index (χ3n) is 10.7. The van der Waals surface area contributed by atoms with E-state index in [1.807, 2.05) is 14.0 Å². The van der Waals surface area contributed by atoms with E-state index in [1.165, 1.54) is 7.11 Å². The van der Waals surface area contributed by atoms with Gasteiger partial charge in [0, 0.05) is 43.2 Å². The van der Waals surface area contributed by atoms with E-state index in [-0.39, 0.29) is 59.6 Å². The molecule has 10 nitrogen and oxygen atoms in total. The quantitative estimate of drug-likeness (QED) is 0.369. The van der Waals surface area contributed by atoms with E-state index < -0.39 is 58.6 Å². The largest absolute Gasteiger partial charge is 0.505 e. The molecule has 216 valence electrons. The molecule has 1 aromatic carbocycles. The number of Topliss-reactive ketones (excluding diaryl/α,β-unsaturated/α-hetero) is 3. The van der Waals surface area contributed by atoms with Crippen molar-refractivity contribution in [3.8, 4) is 5.75 Å². The van der Waals surface area contributed by atoms with Gasteiger partial charge >= 0.3 is 0 Å². The highest BCUT2D eigenvalue weighted by Gasteiger charge is 2.66. The van der Waals surface area contributed by atoms with E-state index in [0.717, 1.165) is 13.0 Å². The maximum Gasteiger partial charge on any atom is 0.228 e. The molecule has 2 saturated carbocycles. The van der Waals surface area contributed by atoms with E-state index >= 15 is 4.39 Å². The molecule has 11 heteroatoms. The highest BCUT2D eigenvalue weighted by molar-refractivity contribution is 6.18. The highest BCUT2D eigenvalue weighted by atomic mass is 19.1. The third-order valence-corrected chi connectivity index (χ3v) is 10.7. The predicted octanol–water partition coefficient (Wildman–Crippen LogP) is 1.29. The summed E-state index contributed by atoms with van der Waals surface area (Å²) in [6.45, 7) is 3.70. The van der Waals surface area contributed by atoms with Crippen molar-refractivity contribution in [2.75, 3.05) is 46.2 Å². The number of rotatable bonds is 4. The summed E-state index contributed by atoms with van der Waals surface area (Å²) in [7, 11) is 5.04. The van der Waals surface area contributed by atoms with Crippen LogP contribution in [0.3, 0.4) is 0 Å². The minimum atomic E-state index is -1.59. The van der Waals surface area contributed by atoms with Crippen molar-refractivity contribution in [2.24, 2.45) is 35.3 Å². The summed E-state index contributed by atoms with van der Waals surface area (Å²) in [6.07, 6.45) is 0.997. The van der Waals surface area contributed by atoms with E-state index in [0.29, 0.717) is 18.7 Å². The van der Waals surface area contributed by atoms with Crippen molar-refractivity contribution in [1.82, 2.24) is 9.80 Å². The molecule has 8 atom stereocenters. The van der Waals surface area contributed by atoms with E-state index in [2.05, 4.69) is 10.2 Å². The Hall–Kier alpha value is -2.89. The lowest BCUT2D eigenvalue weighted by Crippen LogP contribution is -2.70. The van der Waals surface area contributed by atoms with E-state index in [9.17, 15) is 24.3 Å². The van der Waals surface area contributed by atoms with Crippen LogP contribution in [0.25, 0.3) is 0 Å². The number of ketones is 3. The molecule has 0 radical (unpaired) electrons. The van der Waals surface area contributed by atoms with Crippen LogP contribution >= 0.6 is 0 Å². The number of amides is 1. The summed E-state index contributed by atoms with van der Waals surface area (Å²) >= 11 is 0. The number of halogens is 1. The summed E-state index contributed by atoms with van der Waals surface area (Å²) in [6, 6.07) is -1.03. The number of benzene rings is 1. The lowest BCUT2D eigenvalue weighted by molar-refractivity contribution is -0.183. The second kappa shape index (κ2) is 9.32. The summed E-state index contributed by atoms with van der Waals surface area (Å²) in [5, 5.41) is 14.5. The van der Waals surface area contributed by atoms with Gasteiger partial charge in [-0.2, -0.15) is 0 Å². The highest BCUT2D eigenvalue weighted by Crippen LogP contribution is 2.56. The number of likely N-dealkylation sites (tertiary alicyclic amines) is 1. The van der Waals surface area contributed by atoms with Crippen LogP contribution in [0, 0.1) is 35.4 Å². The molecule has 4 N–H and O–H groups in total. The molecule has 6 rings (SSSR count). The average molecular weight is 557 g/mol. The van der Waals surface area contributed by atoms with Gasteiger partial charge in [-0.05, 0) is 58.3 Å². The van der Waals surface area contributed by atoms with Crippen LogP contribution in [0.15, 0.2) is 0 Å². The molecule has 2 aliphatic heterocycles. The number of phenolic OH excluding ortho intramolecular Hbond substituents is 1. The van der Waals surface area contributed by atoms with Crippen LogP contribution < -0.4 is 11.1 Å². The summed E-state index contributed by atoms with van der Waals surface area (Å²) in [5.74, 6) is -6.63. The number of ether oxygens (including phenoxy) is 1. The molecule has 5 aliphatic rings. The van der Waals surface area contributed by atoms with Gasteiger partial charge in [0.05, 0.1) is 23.2 Å². The van der Waals surface area contributed by atoms with Gasteiger partial charge in [0.15, 0.2) is 17.3 Å². The Kier molecular flexibility index (Phi) is 6.36. The zero-order chi connectivity index (χ0) is 28.8. The van der Waals surface area contributed by atoms with Crippen molar-refractivity contribution in [3.63, 3.8) is 0 Å². The SMILES string of the molecule is CCN(C)C1C(=O)C(C(N)=O)CC2(OC)C(=O)C3C(=O)c4c(O)c5c(c(F)c4CC3CC12)C1C(CCN1C)CN5. The zero-order valence-corrected chi connectivity index (χ0v) is 23.3. The predicted molar refractivity (Wildman–Crippen MR) is 142 cm³/mol. The number of phenols is 1. The number of nitrogens with zero attached hydrogens (tertiary/aromatic N) is 2. The molecule has 2 heterocycles. The van der Waals surface area contributed by atoms with Gasteiger partial charge in [-0.3, -0.25) is 29.0 Å². The monoisotopic (exact) mass is 556 g/mol. The number of fused-ring (bicyclic) bond motifs is 6. The van der Waals surface area contributed by atoms with Crippen LogP contribution in [0.5, 0.6) is 5.75 Å². The Balaban J connectivity index is 1.48. The number of methoxy groups -OCH3 is 1. The number of aromatic hydroxyl groups is 1. The smallest absolute Gasteiger partial charge is 0.228 e. The van der Waals surface area contributed by atoms with Crippen LogP contribution in [0.4, 0.5) is 10.1 Å². The lowest BCUT2D eigenvalue weighted by Gasteiger charge is -2.55. The van der Waals surface area contributed by atoms with E-state index in [1.54, 1.807) is 11.9 Å². The summed E-state index contributed by atoms with van der Waals surface area (Å²) < 4.78 is 22.3. The first-order valence-electron chi connectivity index (χ1n) is 14.2. The van der Waals surface area contributed by atoms with Crippen molar-refractivity contribution in [2.45, 2.75) is 50.3 Å². The number of carbonyl (C=O) groups is 4. The normalized spacial score (nSPS) is 36.9. The van der Waals surface area contributed by atoms with Crippen LogP contribution in [0.2, 0.25) is 0 Å². The Morgan fingerprint density at radius 1 is 1.30 bits per heavy atom. The summed E-state index contributed by atoms with van der Waals surface area (Å²) in [4.78, 5) is 58.2. The number of hydrogen-bond acceptors (Lipinski definition) is 9. The molecule has 1 amide bonds. The average Bonchev–Trinajstić information content (AvgIpc) is 3.31. The number of anilines is 1. The number of nitrogens with two attached hydrogens (primary N) is 1. The standard InChI is InChI=1S/C29H37FN4O6/c1-5-33(2)23-16-9-13-8-14-18(26(37)21-19(20(14)30)22-12(11-32-21)6-7-34(22)3)25(36)17(13)27(38)29(16,40-4)10-15(24(23)35)28(31)39/h12-13,15-17,22-23,32,37H,5-11H2,1-4H3,(H2,31,39). The number of carbonyl (C=O) groups excluding carboxylic acids is 4. The fourth-order valence-electron chi connectivity index (χ4n) is 8.63. The van der Waals surface area contributed by atoms with Crippen LogP contribution in [0.1, 0.15) is 53.7 Å². The maximum atomic E-state index is 16.4. The molecule has 0 bridgehead atoms. The van der Waals surface area contributed by atoms with Gasteiger partial charge in [0.2, 0.25) is 5.91 Å². The van der Waals surface area contributed by atoms with Gasteiger partial charge in [-0.25, -0.2) is 4.39 Å². The molecule has 0 spiro atoms. The first-order chi connectivity index (χ1) is 19.0. The Morgan fingerprint density at radius 3 is 2.67 bits per heavy atom.